The first-order valence-corrected chi connectivity index (χ1v) is 8.06. The van der Waals surface area contributed by atoms with Crippen LogP contribution in [0.3, 0.4) is 0 Å². The number of fused-ring (bicyclic) bond motifs is 2. The average Bonchev–Trinajstić information content (AvgIpc) is 2.60. The van der Waals surface area contributed by atoms with E-state index in [2.05, 4.69) is 30.3 Å². The predicted octanol–water partition coefficient (Wildman–Crippen LogP) is 4.94. The summed E-state index contributed by atoms with van der Waals surface area (Å²) < 4.78 is 5.93. The van der Waals surface area contributed by atoms with Gasteiger partial charge >= 0.3 is 0 Å². The van der Waals surface area contributed by atoms with Gasteiger partial charge in [0.05, 0.1) is 0 Å². The summed E-state index contributed by atoms with van der Waals surface area (Å²) in [6.45, 7) is 0.539. The van der Waals surface area contributed by atoms with Crippen LogP contribution in [0, 0.1) is 0 Å². The van der Waals surface area contributed by atoms with E-state index in [9.17, 15) is 4.79 Å². The highest BCUT2D eigenvalue weighted by atomic mass is 16.5. The molecule has 0 unspecified atom stereocenters. The van der Waals surface area contributed by atoms with Gasteiger partial charge < -0.3 is 4.74 Å². The highest BCUT2D eigenvalue weighted by Crippen LogP contribution is 2.26. The minimum Gasteiger partial charge on any atom is -0.489 e. The lowest BCUT2D eigenvalue weighted by atomic mass is 9.90. The molecule has 0 bridgehead atoms. The molecule has 4 rings (SSSR count). The predicted molar refractivity (Wildman–Crippen MR) is 92.0 cm³/mol. The molecule has 0 atom stereocenters. The summed E-state index contributed by atoms with van der Waals surface area (Å²) in [5, 5.41) is 2.47. The molecular weight excluding hydrogens is 284 g/mol. The summed E-state index contributed by atoms with van der Waals surface area (Å²) in [5.74, 6) is 1.10. The summed E-state index contributed by atoms with van der Waals surface area (Å²) in [5.41, 5.74) is 3.14. The van der Waals surface area contributed by atoms with Gasteiger partial charge in [0.1, 0.15) is 12.4 Å². The average molecular weight is 302 g/mol. The minimum absolute atomic E-state index is 0.257. The Morgan fingerprint density at radius 1 is 0.870 bits per heavy atom. The van der Waals surface area contributed by atoms with Crippen molar-refractivity contribution in [3.05, 3.63) is 77.4 Å². The number of ketones is 1. The molecule has 0 N–H and O–H groups in total. The number of benzene rings is 3. The van der Waals surface area contributed by atoms with Crippen LogP contribution in [0.15, 0.2) is 60.7 Å². The molecule has 3 aromatic carbocycles. The first-order valence-electron chi connectivity index (χ1n) is 8.06. The standard InChI is InChI=1S/C21H18O2/c22-21-7-3-6-18-13-19(10-11-20(18)21)23-14-15-8-9-16-4-1-2-5-17(16)12-15/h1-2,4-5,8-13H,3,6-7,14H2. The Hall–Kier alpha value is -2.61. The highest BCUT2D eigenvalue weighted by molar-refractivity contribution is 5.98. The van der Waals surface area contributed by atoms with Gasteiger partial charge in [-0.05, 0) is 59.0 Å². The van der Waals surface area contributed by atoms with Crippen molar-refractivity contribution in [2.24, 2.45) is 0 Å². The summed E-state index contributed by atoms with van der Waals surface area (Å²) in [6.07, 6.45) is 2.58. The van der Waals surface area contributed by atoms with Crippen molar-refractivity contribution in [2.45, 2.75) is 25.9 Å². The Morgan fingerprint density at radius 2 is 1.74 bits per heavy atom. The second kappa shape index (κ2) is 5.88. The van der Waals surface area contributed by atoms with Crippen molar-refractivity contribution in [1.29, 1.82) is 0 Å². The van der Waals surface area contributed by atoms with Crippen LogP contribution in [0.5, 0.6) is 5.75 Å². The van der Waals surface area contributed by atoms with Crippen LogP contribution >= 0.6 is 0 Å². The maximum Gasteiger partial charge on any atom is 0.163 e. The number of carbonyl (C=O) groups is 1. The molecule has 0 heterocycles. The minimum atomic E-state index is 0.257. The molecule has 2 nitrogen and oxygen atoms in total. The van der Waals surface area contributed by atoms with Gasteiger partial charge in [-0.25, -0.2) is 0 Å². The monoisotopic (exact) mass is 302 g/mol. The summed E-state index contributed by atoms with van der Waals surface area (Å²) in [6, 6.07) is 20.5. The van der Waals surface area contributed by atoms with E-state index in [0.29, 0.717) is 13.0 Å². The second-order valence-electron chi connectivity index (χ2n) is 6.07. The van der Waals surface area contributed by atoms with E-state index in [1.807, 2.05) is 30.3 Å². The molecule has 0 spiro atoms. The van der Waals surface area contributed by atoms with Crippen molar-refractivity contribution in [2.75, 3.05) is 0 Å². The van der Waals surface area contributed by atoms with Gasteiger partial charge in [0, 0.05) is 12.0 Å². The van der Waals surface area contributed by atoms with E-state index >= 15 is 0 Å². The highest BCUT2D eigenvalue weighted by Gasteiger charge is 2.17. The Morgan fingerprint density at radius 3 is 2.65 bits per heavy atom. The van der Waals surface area contributed by atoms with Crippen LogP contribution in [-0.4, -0.2) is 5.78 Å². The third kappa shape index (κ3) is 2.85. The van der Waals surface area contributed by atoms with Crippen LogP contribution in [-0.2, 0) is 13.0 Å². The van der Waals surface area contributed by atoms with Gasteiger partial charge in [-0.3, -0.25) is 4.79 Å². The van der Waals surface area contributed by atoms with Crippen molar-refractivity contribution < 1.29 is 9.53 Å². The molecule has 0 fully saturated rings. The molecule has 1 aliphatic carbocycles. The number of ether oxygens (including phenoxy) is 1. The van der Waals surface area contributed by atoms with Crippen LogP contribution < -0.4 is 4.74 Å². The van der Waals surface area contributed by atoms with E-state index < -0.39 is 0 Å². The van der Waals surface area contributed by atoms with Crippen LogP contribution in [0.25, 0.3) is 10.8 Å². The molecule has 0 radical (unpaired) electrons. The van der Waals surface area contributed by atoms with Crippen molar-refractivity contribution in [1.82, 2.24) is 0 Å². The quantitative estimate of drug-likeness (QED) is 0.685. The van der Waals surface area contributed by atoms with Gasteiger partial charge in [-0.15, -0.1) is 0 Å². The Balaban J connectivity index is 1.53. The Kier molecular flexibility index (Phi) is 3.58. The van der Waals surface area contributed by atoms with Crippen molar-refractivity contribution >= 4 is 16.6 Å². The number of aryl methyl sites for hydroxylation is 1. The zero-order valence-electron chi connectivity index (χ0n) is 12.9. The van der Waals surface area contributed by atoms with Gasteiger partial charge in [0.15, 0.2) is 5.78 Å². The molecule has 23 heavy (non-hydrogen) atoms. The van der Waals surface area contributed by atoms with Crippen LogP contribution in [0.1, 0.15) is 34.3 Å². The third-order valence-corrected chi connectivity index (χ3v) is 4.45. The molecule has 0 saturated heterocycles. The van der Waals surface area contributed by atoms with Gasteiger partial charge in [0.2, 0.25) is 0 Å². The van der Waals surface area contributed by atoms with Gasteiger partial charge in [-0.2, -0.15) is 0 Å². The van der Waals surface area contributed by atoms with Crippen LogP contribution in [0.2, 0.25) is 0 Å². The Labute approximate surface area is 135 Å². The smallest absolute Gasteiger partial charge is 0.163 e. The number of carbonyl (C=O) groups excluding carboxylic acids is 1. The summed E-state index contributed by atoms with van der Waals surface area (Å²) in [7, 11) is 0. The van der Waals surface area contributed by atoms with E-state index in [4.69, 9.17) is 4.74 Å². The second-order valence-corrected chi connectivity index (χ2v) is 6.07. The normalized spacial score (nSPS) is 13.8. The summed E-state index contributed by atoms with van der Waals surface area (Å²) >= 11 is 0. The van der Waals surface area contributed by atoms with Gasteiger partial charge in [0.25, 0.3) is 0 Å². The van der Waals surface area contributed by atoms with Crippen LogP contribution in [0.4, 0.5) is 0 Å². The molecule has 3 aromatic rings. The molecule has 114 valence electrons. The largest absolute Gasteiger partial charge is 0.489 e. The summed E-state index contributed by atoms with van der Waals surface area (Å²) in [4.78, 5) is 11.9. The van der Waals surface area contributed by atoms with E-state index in [1.165, 1.54) is 10.8 Å². The van der Waals surface area contributed by atoms with E-state index in [0.717, 1.165) is 35.3 Å². The fourth-order valence-corrected chi connectivity index (χ4v) is 3.21. The fraction of sp³-hybridized carbons (Fsp3) is 0.190. The first kappa shape index (κ1) is 14.0. The number of hydrogen-bond acceptors (Lipinski definition) is 2. The molecule has 0 aromatic heterocycles. The molecule has 1 aliphatic rings. The number of Topliss-reactive ketones (excluding diaryl/α,β-unsaturated/α-hetero) is 1. The lowest BCUT2D eigenvalue weighted by Gasteiger charge is -2.16. The van der Waals surface area contributed by atoms with Crippen molar-refractivity contribution in [3.63, 3.8) is 0 Å². The lowest BCUT2D eigenvalue weighted by molar-refractivity contribution is 0.0972. The topological polar surface area (TPSA) is 26.3 Å². The molecule has 2 heteroatoms. The van der Waals surface area contributed by atoms with E-state index in [1.54, 1.807) is 0 Å². The fourth-order valence-electron chi connectivity index (χ4n) is 3.21. The molecule has 0 saturated carbocycles. The number of hydrogen-bond donors (Lipinski definition) is 0. The van der Waals surface area contributed by atoms with Crippen molar-refractivity contribution in [3.8, 4) is 5.75 Å². The van der Waals surface area contributed by atoms with Gasteiger partial charge in [-0.1, -0.05) is 36.4 Å². The SMILES string of the molecule is O=C1CCCc2cc(OCc3ccc4ccccc4c3)ccc21. The molecule has 0 amide bonds. The Bertz CT molecular complexity index is 880. The molecular formula is C21H18O2. The zero-order valence-corrected chi connectivity index (χ0v) is 12.9. The maximum atomic E-state index is 11.9. The third-order valence-electron chi connectivity index (χ3n) is 4.45. The number of rotatable bonds is 3. The van der Waals surface area contributed by atoms with E-state index in [-0.39, 0.29) is 5.78 Å². The first-order chi connectivity index (χ1) is 11.3. The molecule has 0 aliphatic heterocycles. The lowest BCUT2D eigenvalue weighted by Crippen LogP contribution is -2.10. The zero-order chi connectivity index (χ0) is 15.6. The maximum absolute atomic E-state index is 11.9.